The fourth-order valence-corrected chi connectivity index (χ4v) is 0. The zero-order valence-electron chi connectivity index (χ0n) is 1.54. The molecular formula is Ag2AuPdPt. The van der Waals surface area contributed by atoms with E-state index < -0.39 is 0 Å². The summed E-state index contributed by atoms with van der Waals surface area (Å²) in [5.41, 5.74) is 0. The van der Waals surface area contributed by atoms with Crippen molar-refractivity contribution in [2.75, 3.05) is 0 Å². The zero-order valence-corrected chi connectivity index (χ0v) is 10.5. The van der Waals surface area contributed by atoms with Crippen LogP contribution in [-0.2, 0) is 109 Å². The molecule has 0 atom stereocenters. The molecule has 0 saturated carbocycles. The monoisotopic (exact) mass is 712 g/mol. The van der Waals surface area contributed by atoms with Gasteiger partial charge in [0.25, 0.3) is 0 Å². The Morgan fingerprint density at radius 2 is 0.800 bits per heavy atom. The largest absolute Gasteiger partial charge is 0 e. The molecule has 0 nitrogen and oxygen atoms in total. The topological polar surface area (TPSA) is 0 Å². The maximum atomic E-state index is 0. The van der Waals surface area contributed by atoms with Crippen molar-refractivity contribution in [1.82, 2.24) is 0 Å². The Morgan fingerprint density at radius 1 is 0.800 bits per heavy atom. The Kier molecular flexibility index (Phi) is 198. The van der Waals surface area contributed by atoms with Gasteiger partial charge in [-0.3, -0.25) is 0 Å². The van der Waals surface area contributed by atoms with Gasteiger partial charge in [0.1, 0.15) is 0 Å². The van der Waals surface area contributed by atoms with E-state index in [9.17, 15) is 0 Å². The number of hydrogen-bond acceptors (Lipinski definition) is 0. The van der Waals surface area contributed by atoms with Crippen LogP contribution in [0.5, 0.6) is 0 Å². The summed E-state index contributed by atoms with van der Waals surface area (Å²) in [5, 5.41) is 0. The summed E-state index contributed by atoms with van der Waals surface area (Å²) >= 11 is 0. The molecule has 0 spiro atoms. The van der Waals surface area contributed by atoms with Gasteiger partial charge in [-0.1, -0.05) is 0 Å². The van der Waals surface area contributed by atoms with Crippen molar-refractivity contribution in [3.05, 3.63) is 0 Å². The Hall–Kier alpha value is 3.57. The van der Waals surface area contributed by atoms with Crippen molar-refractivity contribution in [2.24, 2.45) is 0 Å². The van der Waals surface area contributed by atoms with Crippen molar-refractivity contribution >= 4 is 0 Å². The molecule has 0 rings (SSSR count). The van der Waals surface area contributed by atoms with E-state index in [-0.39, 0.29) is 109 Å². The van der Waals surface area contributed by atoms with Gasteiger partial charge in [-0.15, -0.1) is 0 Å². The Morgan fingerprint density at radius 3 is 0.800 bits per heavy atom. The third-order valence-corrected chi connectivity index (χ3v) is 0. The van der Waals surface area contributed by atoms with Crippen LogP contribution in [0, 0.1) is 0 Å². The van der Waals surface area contributed by atoms with Crippen molar-refractivity contribution in [2.45, 2.75) is 0 Å². The molecule has 0 fully saturated rings. The predicted octanol–water partition coefficient (Wildman–Crippen LogP) is -0.0125. The molecule has 0 bridgehead atoms. The molecule has 0 N–H and O–H groups in total. The average molecular weight is 714 g/mol. The minimum Gasteiger partial charge on any atom is 0 e. The number of rotatable bonds is 0. The van der Waals surface area contributed by atoms with E-state index in [1.165, 1.54) is 0 Å². The SMILES string of the molecule is [Ag].[Ag].[Au].[Pd].[Pt]. The van der Waals surface area contributed by atoms with E-state index >= 15 is 0 Å². The molecular weight excluding hydrogens is 714 g/mol. The van der Waals surface area contributed by atoms with Crippen LogP contribution < -0.4 is 0 Å². The van der Waals surface area contributed by atoms with Crippen LogP contribution in [0.3, 0.4) is 0 Å². The standard InChI is InChI=1S/2Ag.Au.Pd.Pt. The normalized spacial score (nSPS) is 0. The van der Waals surface area contributed by atoms with Crippen LogP contribution in [0.25, 0.3) is 0 Å². The molecule has 0 heterocycles. The molecule has 53 valence electrons. The van der Waals surface area contributed by atoms with E-state index in [0.29, 0.717) is 0 Å². The minimum absolute atomic E-state index is 0. The second-order valence-corrected chi connectivity index (χ2v) is 0. The maximum absolute atomic E-state index is 0. The molecule has 5 heavy (non-hydrogen) atoms. The van der Waals surface area contributed by atoms with E-state index in [1.807, 2.05) is 0 Å². The zero-order chi connectivity index (χ0) is 0. The van der Waals surface area contributed by atoms with E-state index in [0.717, 1.165) is 0 Å². The molecule has 0 unspecified atom stereocenters. The van der Waals surface area contributed by atoms with Gasteiger partial charge in [-0.2, -0.15) is 0 Å². The molecule has 0 aliphatic rings. The first kappa shape index (κ1) is 38.5. The fraction of sp³-hybridized carbons (Fsp3) is 0. The Balaban J connectivity index is 0. The van der Waals surface area contributed by atoms with Gasteiger partial charge < -0.3 is 0 Å². The van der Waals surface area contributed by atoms with Crippen LogP contribution in [0.15, 0.2) is 0 Å². The van der Waals surface area contributed by atoms with Crippen LogP contribution in [0.4, 0.5) is 0 Å². The molecule has 0 amide bonds. The fourth-order valence-electron chi connectivity index (χ4n) is 0. The summed E-state index contributed by atoms with van der Waals surface area (Å²) in [7, 11) is 0. The summed E-state index contributed by atoms with van der Waals surface area (Å²) in [6.07, 6.45) is 0. The molecule has 5 heteroatoms. The van der Waals surface area contributed by atoms with Crippen LogP contribution in [0.2, 0.25) is 0 Å². The van der Waals surface area contributed by atoms with Gasteiger partial charge >= 0.3 is 0 Å². The Bertz CT molecular complexity index is 9.61. The minimum atomic E-state index is 0. The molecule has 0 aliphatic carbocycles. The molecule has 3 radical (unpaired) electrons. The predicted molar refractivity (Wildman–Crippen MR) is 0 cm³/mol. The summed E-state index contributed by atoms with van der Waals surface area (Å²) in [6, 6.07) is 0. The quantitative estimate of drug-likeness (QED) is 0.310. The molecule has 0 aromatic rings. The first-order valence-electron chi connectivity index (χ1n) is 0. The third kappa shape index (κ3) is 18.4. The average Bonchev–Trinajstić information content (AvgIpc) is 0. The summed E-state index contributed by atoms with van der Waals surface area (Å²) in [6.45, 7) is 0. The van der Waals surface area contributed by atoms with E-state index in [1.54, 1.807) is 0 Å². The van der Waals surface area contributed by atoms with Crippen LogP contribution >= 0.6 is 0 Å². The van der Waals surface area contributed by atoms with Crippen LogP contribution in [0.1, 0.15) is 0 Å². The Labute approximate surface area is 106 Å². The first-order chi connectivity index (χ1) is 0. The third-order valence-electron chi connectivity index (χ3n) is 0. The number of hydrogen-bond donors (Lipinski definition) is 0. The van der Waals surface area contributed by atoms with Gasteiger partial charge in [0.15, 0.2) is 0 Å². The van der Waals surface area contributed by atoms with Gasteiger partial charge in [-0.25, -0.2) is 0 Å². The van der Waals surface area contributed by atoms with Gasteiger partial charge in [0.2, 0.25) is 0 Å². The first-order valence-corrected chi connectivity index (χ1v) is 0. The van der Waals surface area contributed by atoms with Gasteiger partial charge in [0.05, 0.1) is 0 Å². The van der Waals surface area contributed by atoms with Crippen molar-refractivity contribution < 1.29 is 109 Å². The van der Waals surface area contributed by atoms with Gasteiger partial charge in [-0.05, 0) is 0 Å². The van der Waals surface area contributed by atoms with E-state index in [4.69, 9.17) is 0 Å². The molecule has 0 aromatic heterocycles. The summed E-state index contributed by atoms with van der Waals surface area (Å²) in [5.74, 6) is 0. The van der Waals surface area contributed by atoms with Crippen LogP contribution in [-0.4, -0.2) is 0 Å². The smallest absolute Gasteiger partial charge is 0 e. The van der Waals surface area contributed by atoms with Crippen molar-refractivity contribution in [3.63, 3.8) is 0 Å². The molecule has 0 aromatic carbocycles. The molecule has 0 saturated heterocycles. The van der Waals surface area contributed by atoms with Crippen molar-refractivity contribution in [3.8, 4) is 0 Å². The van der Waals surface area contributed by atoms with Gasteiger partial charge in [0, 0.05) is 109 Å². The van der Waals surface area contributed by atoms with Crippen molar-refractivity contribution in [1.29, 1.82) is 0 Å². The summed E-state index contributed by atoms with van der Waals surface area (Å²) < 4.78 is 0. The maximum Gasteiger partial charge on any atom is 0 e. The summed E-state index contributed by atoms with van der Waals surface area (Å²) in [4.78, 5) is 0. The second kappa shape index (κ2) is 25.6. The second-order valence-electron chi connectivity index (χ2n) is 0. The van der Waals surface area contributed by atoms with E-state index in [2.05, 4.69) is 0 Å². The molecule has 0 aliphatic heterocycles.